The van der Waals surface area contributed by atoms with Crippen molar-refractivity contribution in [1.29, 1.82) is 0 Å². The summed E-state index contributed by atoms with van der Waals surface area (Å²) >= 11 is 12.0. The quantitative estimate of drug-likeness (QED) is 0.844. The van der Waals surface area contributed by atoms with E-state index in [1.165, 1.54) is 12.0 Å². The molecular formula is C12H15Cl2N. The lowest BCUT2D eigenvalue weighted by Crippen LogP contribution is -2.15. The lowest BCUT2D eigenvalue weighted by molar-refractivity contribution is 0.535. The van der Waals surface area contributed by atoms with Gasteiger partial charge in [0.2, 0.25) is 0 Å². The molecule has 1 saturated carbocycles. The van der Waals surface area contributed by atoms with E-state index in [1.54, 1.807) is 0 Å². The molecule has 0 saturated heterocycles. The topological polar surface area (TPSA) is 26.0 Å². The van der Waals surface area contributed by atoms with Gasteiger partial charge in [-0.05, 0) is 49.3 Å². The summed E-state index contributed by atoms with van der Waals surface area (Å²) in [6.45, 7) is 0. The standard InChI is InChI=1S/C12H15Cl2N/c13-10-3-2-9(12(14)7-10)5-8-1-4-11(15)6-8/h2-3,7-8,11H,1,4-6,15H2. The Labute approximate surface area is 101 Å². The molecule has 0 heterocycles. The van der Waals surface area contributed by atoms with Gasteiger partial charge in [0.05, 0.1) is 0 Å². The Balaban J connectivity index is 2.04. The van der Waals surface area contributed by atoms with E-state index in [4.69, 9.17) is 28.9 Å². The van der Waals surface area contributed by atoms with Crippen LogP contribution in [-0.2, 0) is 6.42 Å². The van der Waals surface area contributed by atoms with E-state index < -0.39 is 0 Å². The highest BCUT2D eigenvalue weighted by Crippen LogP contribution is 2.30. The lowest BCUT2D eigenvalue weighted by atomic mass is 9.98. The van der Waals surface area contributed by atoms with Crippen molar-refractivity contribution in [3.8, 4) is 0 Å². The molecule has 0 radical (unpaired) electrons. The van der Waals surface area contributed by atoms with Crippen molar-refractivity contribution in [2.75, 3.05) is 0 Å². The summed E-state index contributed by atoms with van der Waals surface area (Å²) in [7, 11) is 0. The first-order valence-electron chi connectivity index (χ1n) is 5.34. The van der Waals surface area contributed by atoms with Crippen molar-refractivity contribution in [3.63, 3.8) is 0 Å². The zero-order chi connectivity index (χ0) is 10.8. The molecule has 2 atom stereocenters. The number of rotatable bonds is 2. The summed E-state index contributed by atoms with van der Waals surface area (Å²) in [4.78, 5) is 0. The van der Waals surface area contributed by atoms with Crippen LogP contribution in [0.25, 0.3) is 0 Å². The highest BCUT2D eigenvalue weighted by Gasteiger charge is 2.22. The maximum atomic E-state index is 6.13. The van der Waals surface area contributed by atoms with Crippen molar-refractivity contribution in [2.45, 2.75) is 31.7 Å². The predicted molar refractivity (Wildman–Crippen MR) is 65.5 cm³/mol. The smallest absolute Gasteiger partial charge is 0.0452 e. The molecule has 1 fully saturated rings. The summed E-state index contributed by atoms with van der Waals surface area (Å²) in [5.41, 5.74) is 7.08. The van der Waals surface area contributed by atoms with Gasteiger partial charge in [-0.3, -0.25) is 0 Å². The van der Waals surface area contributed by atoms with E-state index in [1.807, 2.05) is 18.2 Å². The van der Waals surface area contributed by atoms with Crippen LogP contribution in [0.5, 0.6) is 0 Å². The molecule has 1 aliphatic carbocycles. The number of hydrogen-bond donors (Lipinski definition) is 1. The third-order valence-corrected chi connectivity index (χ3v) is 3.69. The molecule has 1 aromatic carbocycles. The summed E-state index contributed by atoms with van der Waals surface area (Å²) < 4.78 is 0. The molecular weight excluding hydrogens is 229 g/mol. The fourth-order valence-corrected chi connectivity index (χ4v) is 2.78. The monoisotopic (exact) mass is 243 g/mol. The Morgan fingerprint density at radius 3 is 2.67 bits per heavy atom. The Morgan fingerprint density at radius 1 is 1.27 bits per heavy atom. The average Bonchev–Trinajstić information content (AvgIpc) is 2.56. The normalized spacial score (nSPS) is 25.8. The fourth-order valence-electron chi connectivity index (χ4n) is 2.30. The summed E-state index contributed by atoms with van der Waals surface area (Å²) in [6.07, 6.45) is 4.53. The van der Waals surface area contributed by atoms with Crippen LogP contribution in [0.2, 0.25) is 10.0 Å². The van der Waals surface area contributed by atoms with Gasteiger partial charge in [-0.1, -0.05) is 29.3 Å². The maximum absolute atomic E-state index is 6.13. The summed E-state index contributed by atoms with van der Waals surface area (Å²) in [6, 6.07) is 6.13. The third-order valence-electron chi connectivity index (χ3n) is 3.11. The van der Waals surface area contributed by atoms with Crippen LogP contribution in [-0.4, -0.2) is 6.04 Å². The Morgan fingerprint density at radius 2 is 2.07 bits per heavy atom. The first-order valence-corrected chi connectivity index (χ1v) is 6.10. The van der Waals surface area contributed by atoms with Crippen LogP contribution in [0.3, 0.4) is 0 Å². The minimum absolute atomic E-state index is 0.390. The van der Waals surface area contributed by atoms with E-state index >= 15 is 0 Å². The molecule has 15 heavy (non-hydrogen) atoms. The highest BCUT2D eigenvalue weighted by molar-refractivity contribution is 6.35. The molecule has 0 bridgehead atoms. The minimum Gasteiger partial charge on any atom is -0.328 e. The van der Waals surface area contributed by atoms with Crippen LogP contribution < -0.4 is 5.73 Å². The van der Waals surface area contributed by atoms with Crippen molar-refractivity contribution >= 4 is 23.2 Å². The van der Waals surface area contributed by atoms with Crippen LogP contribution in [0.15, 0.2) is 18.2 Å². The molecule has 0 aromatic heterocycles. The number of benzene rings is 1. The molecule has 1 aromatic rings. The van der Waals surface area contributed by atoms with Gasteiger partial charge in [0.15, 0.2) is 0 Å². The Hall–Kier alpha value is -0.240. The molecule has 1 aliphatic rings. The molecule has 3 heteroatoms. The minimum atomic E-state index is 0.390. The fraction of sp³-hybridized carbons (Fsp3) is 0.500. The van der Waals surface area contributed by atoms with Crippen LogP contribution in [0.1, 0.15) is 24.8 Å². The second-order valence-corrected chi connectivity index (χ2v) is 5.22. The van der Waals surface area contributed by atoms with Gasteiger partial charge in [-0.15, -0.1) is 0 Å². The second-order valence-electron chi connectivity index (χ2n) is 4.38. The predicted octanol–water partition coefficient (Wildman–Crippen LogP) is 3.66. The van der Waals surface area contributed by atoms with E-state index in [0.717, 1.165) is 24.3 Å². The summed E-state index contributed by atoms with van der Waals surface area (Å²) in [5, 5.41) is 1.48. The first kappa shape index (κ1) is 11.3. The van der Waals surface area contributed by atoms with Gasteiger partial charge in [0.1, 0.15) is 0 Å². The SMILES string of the molecule is NC1CCC(Cc2ccc(Cl)cc2Cl)C1. The molecule has 2 rings (SSSR count). The van der Waals surface area contributed by atoms with Gasteiger partial charge < -0.3 is 5.73 Å². The molecule has 2 N–H and O–H groups in total. The Kier molecular flexibility index (Phi) is 3.55. The number of nitrogens with two attached hydrogens (primary N) is 1. The van der Waals surface area contributed by atoms with Gasteiger partial charge in [-0.25, -0.2) is 0 Å². The van der Waals surface area contributed by atoms with Crippen molar-refractivity contribution in [2.24, 2.45) is 11.7 Å². The number of halogens is 2. The molecule has 0 amide bonds. The Bertz CT molecular complexity index is 351. The molecule has 0 spiro atoms. The largest absolute Gasteiger partial charge is 0.328 e. The van der Waals surface area contributed by atoms with Gasteiger partial charge in [0.25, 0.3) is 0 Å². The highest BCUT2D eigenvalue weighted by atomic mass is 35.5. The third kappa shape index (κ3) is 2.87. The van der Waals surface area contributed by atoms with Crippen LogP contribution in [0, 0.1) is 5.92 Å². The van der Waals surface area contributed by atoms with E-state index in [2.05, 4.69) is 0 Å². The van der Waals surface area contributed by atoms with Gasteiger partial charge in [-0.2, -0.15) is 0 Å². The van der Waals surface area contributed by atoms with Gasteiger partial charge >= 0.3 is 0 Å². The van der Waals surface area contributed by atoms with Gasteiger partial charge in [0, 0.05) is 16.1 Å². The zero-order valence-corrected chi connectivity index (χ0v) is 10.1. The van der Waals surface area contributed by atoms with Crippen molar-refractivity contribution < 1.29 is 0 Å². The molecule has 0 aliphatic heterocycles. The van der Waals surface area contributed by atoms with E-state index in [0.29, 0.717) is 17.0 Å². The average molecular weight is 244 g/mol. The zero-order valence-electron chi connectivity index (χ0n) is 8.55. The van der Waals surface area contributed by atoms with Crippen molar-refractivity contribution in [1.82, 2.24) is 0 Å². The van der Waals surface area contributed by atoms with Crippen LogP contribution >= 0.6 is 23.2 Å². The number of hydrogen-bond acceptors (Lipinski definition) is 1. The second kappa shape index (κ2) is 4.73. The molecule has 1 nitrogen and oxygen atoms in total. The molecule has 2 unspecified atom stereocenters. The summed E-state index contributed by atoms with van der Waals surface area (Å²) in [5.74, 6) is 0.693. The van der Waals surface area contributed by atoms with Crippen molar-refractivity contribution in [3.05, 3.63) is 33.8 Å². The van der Waals surface area contributed by atoms with E-state index in [9.17, 15) is 0 Å². The van der Waals surface area contributed by atoms with Crippen LogP contribution in [0.4, 0.5) is 0 Å². The molecule has 82 valence electrons. The lowest BCUT2D eigenvalue weighted by Gasteiger charge is -2.11. The van der Waals surface area contributed by atoms with E-state index in [-0.39, 0.29) is 0 Å². The maximum Gasteiger partial charge on any atom is 0.0452 e. The first-order chi connectivity index (χ1) is 7.15.